The standard InChI is InChI=1S/C13H17BrN4S/c1-8(2)11-12(15-3)17-7-18-13(11)16-6-10-9(14)4-5-19-10/h4-5,7-8H,6H2,1-3H3,(H2,15,16,17,18). The highest BCUT2D eigenvalue weighted by Gasteiger charge is 2.14. The van der Waals surface area contributed by atoms with E-state index >= 15 is 0 Å². The molecule has 0 unspecified atom stereocenters. The molecule has 0 fully saturated rings. The minimum absolute atomic E-state index is 0.359. The summed E-state index contributed by atoms with van der Waals surface area (Å²) in [5.41, 5.74) is 1.12. The van der Waals surface area contributed by atoms with E-state index in [0.717, 1.165) is 28.2 Å². The molecule has 19 heavy (non-hydrogen) atoms. The number of halogens is 1. The Labute approximate surface area is 125 Å². The fraction of sp³-hybridized carbons (Fsp3) is 0.385. The Morgan fingerprint density at radius 2 is 2.05 bits per heavy atom. The third kappa shape index (κ3) is 3.25. The van der Waals surface area contributed by atoms with Crippen LogP contribution in [0.5, 0.6) is 0 Å². The van der Waals surface area contributed by atoms with Gasteiger partial charge in [0.05, 0.1) is 6.54 Å². The van der Waals surface area contributed by atoms with Crippen LogP contribution in [0.2, 0.25) is 0 Å². The second-order valence-electron chi connectivity index (χ2n) is 4.43. The van der Waals surface area contributed by atoms with E-state index in [1.807, 2.05) is 7.05 Å². The van der Waals surface area contributed by atoms with E-state index in [0.29, 0.717) is 5.92 Å². The van der Waals surface area contributed by atoms with Crippen molar-refractivity contribution in [1.29, 1.82) is 0 Å². The fourth-order valence-corrected chi connectivity index (χ4v) is 3.33. The molecule has 2 aromatic rings. The average Bonchev–Trinajstić information content (AvgIpc) is 2.81. The number of hydrogen-bond donors (Lipinski definition) is 2. The van der Waals surface area contributed by atoms with E-state index in [9.17, 15) is 0 Å². The summed E-state index contributed by atoms with van der Waals surface area (Å²) in [6, 6.07) is 2.06. The summed E-state index contributed by atoms with van der Waals surface area (Å²) in [7, 11) is 1.88. The van der Waals surface area contributed by atoms with Crippen LogP contribution in [0, 0.1) is 0 Å². The van der Waals surface area contributed by atoms with Crippen LogP contribution in [0.15, 0.2) is 22.2 Å². The van der Waals surface area contributed by atoms with Crippen LogP contribution in [0.1, 0.15) is 30.2 Å². The van der Waals surface area contributed by atoms with Crippen molar-refractivity contribution < 1.29 is 0 Å². The predicted octanol–water partition coefficient (Wildman–Crippen LogP) is 4.08. The predicted molar refractivity (Wildman–Crippen MR) is 85.0 cm³/mol. The van der Waals surface area contributed by atoms with E-state index < -0.39 is 0 Å². The molecule has 0 spiro atoms. The maximum atomic E-state index is 4.36. The van der Waals surface area contributed by atoms with Gasteiger partial charge in [-0.25, -0.2) is 9.97 Å². The number of hydrogen-bond acceptors (Lipinski definition) is 5. The quantitative estimate of drug-likeness (QED) is 0.860. The molecule has 0 aromatic carbocycles. The molecule has 4 nitrogen and oxygen atoms in total. The molecule has 0 saturated carbocycles. The van der Waals surface area contributed by atoms with Crippen molar-refractivity contribution in [1.82, 2.24) is 9.97 Å². The number of thiophene rings is 1. The van der Waals surface area contributed by atoms with E-state index in [1.54, 1.807) is 17.7 Å². The van der Waals surface area contributed by atoms with Crippen molar-refractivity contribution in [3.63, 3.8) is 0 Å². The smallest absolute Gasteiger partial charge is 0.135 e. The Morgan fingerprint density at radius 3 is 2.63 bits per heavy atom. The highest BCUT2D eigenvalue weighted by atomic mass is 79.9. The normalized spacial score (nSPS) is 10.8. The molecule has 0 aliphatic rings. The van der Waals surface area contributed by atoms with Crippen LogP contribution in [-0.4, -0.2) is 17.0 Å². The summed E-state index contributed by atoms with van der Waals surface area (Å²) >= 11 is 5.27. The van der Waals surface area contributed by atoms with Crippen molar-refractivity contribution >= 4 is 38.9 Å². The lowest BCUT2D eigenvalue weighted by atomic mass is 10.0. The second kappa shape index (κ2) is 6.34. The number of anilines is 2. The summed E-state index contributed by atoms with van der Waals surface area (Å²) in [6.45, 7) is 5.05. The Kier molecular flexibility index (Phi) is 4.76. The lowest BCUT2D eigenvalue weighted by molar-refractivity contribution is 0.847. The van der Waals surface area contributed by atoms with E-state index in [1.165, 1.54) is 4.88 Å². The first-order valence-electron chi connectivity index (χ1n) is 6.11. The first-order chi connectivity index (χ1) is 9.13. The van der Waals surface area contributed by atoms with Gasteiger partial charge in [0.1, 0.15) is 18.0 Å². The van der Waals surface area contributed by atoms with Gasteiger partial charge in [-0.15, -0.1) is 11.3 Å². The van der Waals surface area contributed by atoms with Gasteiger partial charge >= 0.3 is 0 Å². The molecular weight excluding hydrogens is 324 g/mol. The Bertz CT molecular complexity index is 553. The van der Waals surface area contributed by atoms with Gasteiger partial charge in [0, 0.05) is 22.0 Å². The Balaban J connectivity index is 2.22. The fourth-order valence-electron chi connectivity index (χ4n) is 1.90. The Morgan fingerprint density at radius 1 is 1.32 bits per heavy atom. The third-order valence-corrected chi connectivity index (χ3v) is 4.73. The maximum Gasteiger partial charge on any atom is 0.135 e. The molecule has 0 radical (unpaired) electrons. The summed E-state index contributed by atoms with van der Waals surface area (Å²) in [4.78, 5) is 9.90. The van der Waals surface area contributed by atoms with Crippen molar-refractivity contribution in [2.24, 2.45) is 0 Å². The van der Waals surface area contributed by atoms with E-state index in [4.69, 9.17) is 0 Å². The van der Waals surface area contributed by atoms with Gasteiger partial charge in [-0.3, -0.25) is 0 Å². The zero-order valence-electron chi connectivity index (χ0n) is 11.2. The minimum Gasteiger partial charge on any atom is -0.373 e. The van der Waals surface area contributed by atoms with Crippen LogP contribution < -0.4 is 10.6 Å². The molecule has 102 valence electrons. The van der Waals surface area contributed by atoms with Crippen LogP contribution in [0.4, 0.5) is 11.6 Å². The van der Waals surface area contributed by atoms with Gasteiger partial charge in [-0.05, 0) is 33.3 Å². The van der Waals surface area contributed by atoms with Gasteiger partial charge in [0.15, 0.2) is 0 Å². The highest BCUT2D eigenvalue weighted by molar-refractivity contribution is 9.10. The molecule has 0 bridgehead atoms. The number of nitrogens with zero attached hydrogens (tertiary/aromatic N) is 2. The highest BCUT2D eigenvalue weighted by Crippen LogP contribution is 2.29. The third-order valence-electron chi connectivity index (χ3n) is 2.81. The van der Waals surface area contributed by atoms with E-state index in [2.05, 4.69) is 61.8 Å². The zero-order valence-corrected chi connectivity index (χ0v) is 13.6. The number of aromatic nitrogens is 2. The molecule has 0 aliphatic carbocycles. The molecule has 2 heterocycles. The molecule has 2 N–H and O–H groups in total. The van der Waals surface area contributed by atoms with Gasteiger partial charge in [0.2, 0.25) is 0 Å². The van der Waals surface area contributed by atoms with Crippen LogP contribution in [0.3, 0.4) is 0 Å². The lowest BCUT2D eigenvalue weighted by Gasteiger charge is -2.16. The largest absolute Gasteiger partial charge is 0.373 e. The SMILES string of the molecule is CNc1ncnc(NCc2sccc2Br)c1C(C)C. The van der Waals surface area contributed by atoms with Crippen molar-refractivity contribution in [2.45, 2.75) is 26.3 Å². The number of nitrogens with one attached hydrogen (secondary N) is 2. The monoisotopic (exact) mass is 340 g/mol. The molecule has 2 rings (SSSR count). The minimum atomic E-state index is 0.359. The molecule has 0 saturated heterocycles. The van der Waals surface area contributed by atoms with Crippen molar-refractivity contribution in [3.8, 4) is 0 Å². The summed E-state index contributed by atoms with van der Waals surface area (Å²) in [5, 5.41) is 8.60. The van der Waals surface area contributed by atoms with Crippen LogP contribution in [0.25, 0.3) is 0 Å². The molecule has 0 aliphatic heterocycles. The molecule has 0 amide bonds. The van der Waals surface area contributed by atoms with Gasteiger partial charge in [-0.2, -0.15) is 0 Å². The van der Waals surface area contributed by atoms with Crippen molar-refractivity contribution in [2.75, 3.05) is 17.7 Å². The zero-order chi connectivity index (χ0) is 13.8. The van der Waals surface area contributed by atoms with Crippen molar-refractivity contribution in [3.05, 3.63) is 32.7 Å². The summed E-state index contributed by atoms with van der Waals surface area (Å²) < 4.78 is 1.14. The summed E-state index contributed by atoms with van der Waals surface area (Å²) in [6.07, 6.45) is 1.59. The average molecular weight is 341 g/mol. The van der Waals surface area contributed by atoms with E-state index in [-0.39, 0.29) is 0 Å². The lowest BCUT2D eigenvalue weighted by Crippen LogP contribution is -2.09. The second-order valence-corrected chi connectivity index (χ2v) is 6.29. The maximum absolute atomic E-state index is 4.36. The molecule has 0 atom stereocenters. The number of rotatable bonds is 5. The van der Waals surface area contributed by atoms with Gasteiger partial charge in [-0.1, -0.05) is 13.8 Å². The molecule has 2 aromatic heterocycles. The van der Waals surface area contributed by atoms with Gasteiger partial charge in [0.25, 0.3) is 0 Å². The van der Waals surface area contributed by atoms with Crippen LogP contribution >= 0.6 is 27.3 Å². The molecule has 6 heteroatoms. The first-order valence-corrected chi connectivity index (χ1v) is 7.79. The first kappa shape index (κ1) is 14.3. The van der Waals surface area contributed by atoms with Crippen LogP contribution in [-0.2, 0) is 6.54 Å². The summed E-state index contributed by atoms with van der Waals surface area (Å²) in [5.74, 6) is 2.14. The Hall–Kier alpha value is -1.14. The molecular formula is C13H17BrN4S. The topological polar surface area (TPSA) is 49.8 Å². The van der Waals surface area contributed by atoms with Gasteiger partial charge < -0.3 is 10.6 Å².